The van der Waals surface area contributed by atoms with Crippen molar-refractivity contribution in [2.45, 2.75) is 49.9 Å². The molecule has 0 bridgehead atoms. The Kier molecular flexibility index (Phi) is 4.62. The van der Waals surface area contributed by atoms with Crippen molar-refractivity contribution in [2.24, 2.45) is 11.7 Å². The van der Waals surface area contributed by atoms with Crippen molar-refractivity contribution in [1.82, 2.24) is 4.90 Å². The highest BCUT2D eigenvalue weighted by molar-refractivity contribution is 7.91. The highest BCUT2D eigenvalue weighted by Gasteiger charge is 2.50. The minimum atomic E-state index is -4.20. The number of nitrogens with two attached hydrogens (primary N) is 1. The molecule has 0 aromatic rings. The van der Waals surface area contributed by atoms with Gasteiger partial charge in [-0.1, -0.05) is 6.42 Å². The van der Waals surface area contributed by atoms with E-state index in [4.69, 9.17) is 5.73 Å². The van der Waals surface area contributed by atoms with Crippen molar-refractivity contribution < 1.29 is 21.6 Å². The molecule has 2 aliphatic rings. The van der Waals surface area contributed by atoms with Crippen LogP contribution in [0.5, 0.6) is 0 Å². The van der Waals surface area contributed by atoms with Crippen molar-refractivity contribution in [3.63, 3.8) is 0 Å². The van der Waals surface area contributed by atoms with Crippen LogP contribution < -0.4 is 5.73 Å². The summed E-state index contributed by atoms with van der Waals surface area (Å²) in [5, 5.41) is 0. The predicted octanol–water partition coefficient (Wildman–Crippen LogP) is 1.56. The van der Waals surface area contributed by atoms with Gasteiger partial charge in [-0.15, -0.1) is 0 Å². The van der Waals surface area contributed by atoms with E-state index in [-0.39, 0.29) is 36.9 Å². The highest BCUT2D eigenvalue weighted by Crippen LogP contribution is 2.44. The van der Waals surface area contributed by atoms with Gasteiger partial charge in [-0.05, 0) is 32.7 Å². The van der Waals surface area contributed by atoms with E-state index in [0.29, 0.717) is 19.3 Å². The van der Waals surface area contributed by atoms with Gasteiger partial charge in [0.05, 0.1) is 17.4 Å². The van der Waals surface area contributed by atoms with Crippen LogP contribution in [-0.4, -0.2) is 56.2 Å². The molecule has 1 aliphatic carbocycles. The molecule has 0 spiro atoms. The lowest BCUT2D eigenvalue weighted by Gasteiger charge is -2.49. The number of halogens is 3. The van der Waals surface area contributed by atoms with E-state index >= 15 is 0 Å². The smallest absolute Gasteiger partial charge is 0.329 e. The largest absolute Gasteiger partial charge is 0.391 e. The van der Waals surface area contributed by atoms with E-state index < -0.39 is 27.5 Å². The van der Waals surface area contributed by atoms with E-state index in [2.05, 4.69) is 0 Å². The zero-order chi connectivity index (χ0) is 15.9. The van der Waals surface area contributed by atoms with Gasteiger partial charge in [-0.2, -0.15) is 13.2 Å². The Labute approximate surface area is 123 Å². The maximum atomic E-state index is 13.0. The molecular weight excluding hydrogens is 305 g/mol. The molecule has 4 nitrogen and oxygen atoms in total. The average Bonchev–Trinajstić information content (AvgIpc) is 2.77. The Morgan fingerprint density at radius 3 is 2.48 bits per heavy atom. The maximum Gasteiger partial charge on any atom is 0.391 e. The summed E-state index contributed by atoms with van der Waals surface area (Å²) in [5.41, 5.74) is 5.09. The third kappa shape index (κ3) is 3.53. The van der Waals surface area contributed by atoms with Gasteiger partial charge in [0.1, 0.15) is 0 Å². The summed E-state index contributed by atoms with van der Waals surface area (Å²) in [4.78, 5) is 1.83. The molecule has 8 heteroatoms. The summed E-state index contributed by atoms with van der Waals surface area (Å²) < 4.78 is 62.3. The normalized spacial score (nSPS) is 37.0. The van der Waals surface area contributed by atoms with Gasteiger partial charge in [0.2, 0.25) is 0 Å². The zero-order valence-corrected chi connectivity index (χ0v) is 13.0. The number of rotatable bonds is 3. The first-order valence-corrected chi connectivity index (χ1v) is 9.12. The second-order valence-electron chi connectivity index (χ2n) is 6.43. The van der Waals surface area contributed by atoms with E-state index in [1.807, 2.05) is 4.90 Å². The van der Waals surface area contributed by atoms with Gasteiger partial charge in [0.15, 0.2) is 9.84 Å². The lowest BCUT2D eigenvalue weighted by molar-refractivity contribution is -0.193. The monoisotopic (exact) mass is 328 g/mol. The molecule has 2 N–H and O–H groups in total. The molecule has 2 fully saturated rings. The van der Waals surface area contributed by atoms with Gasteiger partial charge in [0, 0.05) is 18.1 Å². The molecule has 0 aromatic carbocycles. The van der Waals surface area contributed by atoms with Gasteiger partial charge >= 0.3 is 6.18 Å². The second kappa shape index (κ2) is 5.70. The fourth-order valence-corrected chi connectivity index (χ4v) is 5.51. The molecule has 1 saturated carbocycles. The van der Waals surface area contributed by atoms with Crippen LogP contribution in [0.15, 0.2) is 0 Å². The molecule has 3 atom stereocenters. The van der Waals surface area contributed by atoms with Crippen LogP contribution in [0, 0.1) is 5.92 Å². The minimum Gasteiger partial charge on any atom is -0.329 e. The number of sulfone groups is 1. The van der Waals surface area contributed by atoms with Crippen molar-refractivity contribution in [2.75, 3.05) is 25.1 Å². The maximum absolute atomic E-state index is 13.0. The summed E-state index contributed by atoms with van der Waals surface area (Å²) >= 11 is 0. The fraction of sp³-hybridized carbons (Fsp3) is 1.00. The van der Waals surface area contributed by atoms with Crippen LogP contribution in [-0.2, 0) is 9.84 Å². The fourth-order valence-electron chi connectivity index (χ4n) is 3.74. The van der Waals surface area contributed by atoms with Crippen molar-refractivity contribution in [3.05, 3.63) is 0 Å². The van der Waals surface area contributed by atoms with E-state index in [0.717, 1.165) is 0 Å². The van der Waals surface area contributed by atoms with E-state index in [1.165, 1.54) is 0 Å². The first-order chi connectivity index (χ1) is 9.60. The quantitative estimate of drug-likeness (QED) is 0.854. The topological polar surface area (TPSA) is 63.4 Å². The van der Waals surface area contributed by atoms with Crippen LogP contribution in [0.3, 0.4) is 0 Å². The second-order valence-corrected chi connectivity index (χ2v) is 8.66. The summed E-state index contributed by atoms with van der Waals surface area (Å²) in [7, 11) is -1.33. The molecule has 1 heterocycles. The third-order valence-electron chi connectivity index (χ3n) is 5.17. The lowest BCUT2D eigenvalue weighted by atomic mass is 9.74. The molecule has 3 unspecified atom stereocenters. The van der Waals surface area contributed by atoms with Crippen LogP contribution in [0.4, 0.5) is 13.2 Å². The van der Waals surface area contributed by atoms with Crippen molar-refractivity contribution in [3.8, 4) is 0 Å². The average molecular weight is 328 g/mol. The molecule has 1 aliphatic heterocycles. The molecule has 0 radical (unpaired) electrons. The summed E-state index contributed by atoms with van der Waals surface area (Å²) in [6.45, 7) is 0.132. The summed E-state index contributed by atoms with van der Waals surface area (Å²) in [5.74, 6) is -1.19. The minimum absolute atomic E-state index is 0.0277. The molecule has 0 aromatic heterocycles. The first-order valence-electron chi connectivity index (χ1n) is 7.30. The lowest BCUT2D eigenvalue weighted by Crippen LogP contribution is -2.59. The Bertz CT molecular complexity index is 480. The molecule has 2 rings (SSSR count). The molecule has 21 heavy (non-hydrogen) atoms. The summed E-state index contributed by atoms with van der Waals surface area (Å²) in [6.07, 6.45) is -2.53. The Balaban J connectivity index is 2.17. The molecule has 0 amide bonds. The van der Waals surface area contributed by atoms with E-state index in [9.17, 15) is 21.6 Å². The number of hydrogen-bond donors (Lipinski definition) is 1. The van der Waals surface area contributed by atoms with Crippen LogP contribution in [0.25, 0.3) is 0 Å². The van der Waals surface area contributed by atoms with Gasteiger partial charge in [-0.25, -0.2) is 8.42 Å². The van der Waals surface area contributed by atoms with Crippen LogP contribution >= 0.6 is 0 Å². The SMILES string of the molecule is CN(C1CCS(=O)(=O)C1)C1(CN)CCCC(C(F)(F)F)C1. The number of nitrogens with zero attached hydrogens (tertiary/aromatic N) is 1. The number of likely N-dealkylation sites (N-methyl/N-ethyl adjacent to an activating group) is 1. The van der Waals surface area contributed by atoms with E-state index in [1.54, 1.807) is 7.05 Å². The molecule has 1 saturated heterocycles. The first kappa shape index (κ1) is 17.0. The number of hydrogen-bond acceptors (Lipinski definition) is 4. The zero-order valence-electron chi connectivity index (χ0n) is 12.2. The Hall–Kier alpha value is -0.340. The van der Waals surface area contributed by atoms with Crippen LogP contribution in [0.2, 0.25) is 0 Å². The summed E-state index contributed by atoms with van der Waals surface area (Å²) in [6, 6.07) is -0.217. The number of alkyl halides is 3. The van der Waals surface area contributed by atoms with Gasteiger partial charge in [-0.3, -0.25) is 4.90 Å². The Morgan fingerprint density at radius 1 is 1.33 bits per heavy atom. The predicted molar refractivity (Wildman–Crippen MR) is 74.6 cm³/mol. The molecule has 124 valence electrons. The Morgan fingerprint density at radius 2 is 2.00 bits per heavy atom. The van der Waals surface area contributed by atoms with Crippen LogP contribution in [0.1, 0.15) is 32.1 Å². The van der Waals surface area contributed by atoms with Gasteiger partial charge in [0.25, 0.3) is 0 Å². The molecular formula is C13H23F3N2O2S. The van der Waals surface area contributed by atoms with Crippen molar-refractivity contribution in [1.29, 1.82) is 0 Å². The third-order valence-corrected chi connectivity index (χ3v) is 6.92. The highest BCUT2D eigenvalue weighted by atomic mass is 32.2. The van der Waals surface area contributed by atoms with Gasteiger partial charge < -0.3 is 5.73 Å². The van der Waals surface area contributed by atoms with Crippen molar-refractivity contribution >= 4 is 9.84 Å². The standard InChI is InChI=1S/C13H23F3N2O2S/c1-18(11-4-6-21(19,20)8-11)12(9-17)5-2-3-10(7-12)13(14,15)16/h10-11H,2-9,17H2,1H3.